The van der Waals surface area contributed by atoms with E-state index in [9.17, 15) is 29.7 Å². The van der Waals surface area contributed by atoms with Gasteiger partial charge in [-0.15, -0.1) is 0 Å². The third-order valence-electron chi connectivity index (χ3n) is 8.54. The molecule has 4 aliphatic carbocycles. The molecule has 6 nitrogen and oxygen atoms in total. The second-order valence-corrected chi connectivity index (χ2v) is 9.23. The number of fused-ring (bicyclic) bond motifs is 3. The topological polar surface area (TPSA) is 118 Å². The fraction of sp³-hybridized carbons (Fsp3) is 0.750. The van der Waals surface area contributed by atoms with Gasteiger partial charge in [0.15, 0.2) is 0 Å². The van der Waals surface area contributed by atoms with Crippen molar-refractivity contribution in [1.29, 1.82) is 0 Å². The number of carbonyl (C=O) groups is 3. The van der Waals surface area contributed by atoms with E-state index in [1.807, 2.05) is 0 Å². The van der Waals surface area contributed by atoms with E-state index in [-0.39, 0.29) is 18.3 Å². The molecule has 0 aliphatic heterocycles. The third-order valence-corrected chi connectivity index (χ3v) is 8.54. The molecule has 4 rings (SSSR count). The maximum Gasteiger partial charge on any atom is 0.126 e. The van der Waals surface area contributed by atoms with E-state index in [2.05, 4.69) is 6.58 Å². The Labute approximate surface area is 152 Å². The van der Waals surface area contributed by atoms with Gasteiger partial charge in [0.05, 0.1) is 12.1 Å². The van der Waals surface area contributed by atoms with E-state index in [0.29, 0.717) is 25.7 Å². The highest BCUT2D eigenvalue weighted by atomic mass is 16.4. The number of aldehydes is 1. The number of hydrogen-bond acceptors (Lipinski definition) is 6. The first kappa shape index (κ1) is 17.7. The first-order chi connectivity index (χ1) is 12.1. The van der Waals surface area contributed by atoms with Crippen LogP contribution in [0, 0.1) is 39.9 Å². The number of carboxylic acids is 2. The van der Waals surface area contributed by atoms with Crippen LogP contribution in [-0.2, 0) is 14.4 Å². The van der Waals surface area contributed by atoms with Crippen LogP contribution in [0.4, 0.5) is 0 Å². The van der Waals surface area contributed by atoms with Crippen LogP contribution in [0.1, 0.15) is 45.4 Å². The molecule has 0 amide bonds. The summed E-state index contributed by atoms with van der Waals surface area (Å²) >= 11 is 0. The highest BCUT2D eigenvalue weighted by Crippen LogP contribution is 2.76. The first-order valence-corrected chi connectivity index (χ1v) is 9.39. The highest BCUT2D eigenvalue weighted by molar-refractivity contribution is 5.81. The van der Waals surface area contributed by atoms with Crippen molar-refractivity contribution in [2.45, 2.75) is 51.6 Å². The van der Waals surface area contributed by atoms with Crippen LogP contribution in [0.15, 0.2) is 12.2 Å². The van der Waals surface area contributed by atoms with Gasteiger partial charge in [0.25, 0.3) is 0 Å². The van der Waals surface area contributed by atoms with E-state index in [1.54, 1.807) is 0 Å². The van der Waals surface area contributed by atoms with Gasteiger partial charge in [-0.25, -0.2) is 0 Å². The Balaban J connectivity index is 1.99. The van der Waals surface area contributed by atoms with Crippen molar-refractivity contribution >= 4 is 18.2 Å². The zero-order valence-electron chi connectivity index (χ0n) is 14.9. The standard InChI is InChI=1S/C20H26O6/c1-10-7-20-8-11(10)3-4-12(20)19(9-21)6-5-13(22)18(2,17(25)26)15(19)14(20)16(23)24/h9,11-15,22H,1,3-8H2,2H3,(H,23,24)(H,25,26)/p-2/t11-,12+,13+,14-,15-,18-,19-,20+/m1/s1. The molecule has 0 radical (unpaired) electrons. The lowest BCUT2D eigenvalue weighted by molar-refractivity contribution is -0.335. The molecule has 4 saturated carbocycles. The largest absolute Gasteiger partial charge is 0.550 e. The molecular formula is C20H24O6-2. The molecule has 0 aromatic heterocycles. The van der Waals surface area contributed by atoms with E-state index in [1.165, 1.54) is 6.92 Å². The number of allylic oxidation sites excluding steroid dienone is 1. The molecule has 0 unspecified atom stereocenters. The first-order valence-electron chi connectivity index (χ1n) is 9.39. The average Bonchev–Trinajstić information content (AvgIpc) is 2.99. The summed E-state index contributed by atoms with van der Waals surface area (Å²) in [6.07, 6.45) is 2.63. The second-order valence-electron chi connectivity index (χ2n) is 9.23. The molecule has 0 saturated heterocycles. The summed E-state index contributed by atoms with van der Waals surface area (Å²) < 4.78 is 0. The zero-order chi connectivity index (χ0) is 19.1. The minimum absolute atomic E-state index is 0.149. The zero-order valence-corrected chi connectivity index (χ0v) is 14.9. The molecule has 0 aromatic rings. The maximum atomic E-state index is 12.4. The van der Waals surface area contributed by atoms with Crippen LogP contribution in [0.5, 0.6) is 0 Å². The molecule has 0 aromatic carbocycles. The van der Waals surface area contributed by atoms with Crippen molar-refractivity contribution in [1.82, 2.24) is 0 Å². The fourth-order valence-corrected chi connectivity index (χ4v) is 7.56. The van der Waals surface area contributed by atoms with Crippen molar-refractivity contribution in [3.05, 3.63) is 12.2 Å². The van der Waals surface area contributed by atoms with Crippen LogP contribution in [0.3, 0.4) is 0 Å². The third kappa shape index (κ3) is 1.74. The quantitative estimate of drug-likeness (QED) is 0.532. The monoisotopic (exact) mass is 360 g/mol. The van der Waals surface area contributed by atoms with Gasteiger partial charge < -0.3 is 29.7 Å². The maximum absolute atomic E-state index is 12.4. The molecule has 4 aliphatic rings. The molecule has 0 heterocycles. The smallest absolute Gasteiger partial charge is 0.126 e. The van der Waals surface area contributed by atoms with Gasteiger partial charge in [0, 0.05) is 22.7 Å². The number of aliphatic hydroxyl groups is 1. The lowest BCUT2D eigenvalue weighted by Crippen LogP contribution is -2.62. The Bertz CT molecular complexity index is 715. The molecule has 6 heteroatoms. The van der Waals surface area contributed by atoms with E-state index in [4.69, 9.17) is 0 Å². The Hall–Kier alpha value is -1.69. The Morgan fingerprint density at radius 1 is 1.27 bits per heavy atom. The van der Waals surface area contributed by atoms with Gasteiger partial charge in [0.2, 0.25) is 0 Å². The molecular weight excluding hydrogens is 336 g/mol. The number of hydrogen-bond donors (Lipinski definition) is 1. The second kappa shape index (κ2) is 5.18. The molecule has 1 spiro atoms. The van der Waals surface area contributed by atoms with Gasteiger partial charge in [-0.3, -0.25) is 0 Å². The van der Waals surface area contributed by atoms with E-state index >= 15 is 0 Å². The van der Waals surface area contributed by atoms with Crippen molar-refractivity contribution in [2.24, 2.45) is 39.9 Å². The lowest BCUT2D eigenvalue weighted by Gasteiger charge is -2.54. The van der Waals surface area contributed by atoms with Crippen LogP contribution >= 0.6 is 0 Å². The number of rotatable bonds is 3. The van der Waals surface area contributed by atoms with Crippen LogP contribution < -0.4 is 10.2 Å². The number of aliphatic hydroxyl groups excluding tert-OH is 1. The summed E-state index contributed by atoms with van der Waals surface area (Å²) in [5, 5.41) is 35.0. The van der Waals surface area contributed by atoms with Crippen molar-refractivity contribution < 1.29 is 29.7 Å². The van der Waals surface area contributed by atoms with Gasteiger partial charge in [-0.05, 0) is 61.7 Å². The normalized spacial score (nSPS) is 52.2. The predicted molar refractivity (Wildman–Crippen MR) is 85.9 cm³/mol. The van der Waals surface area contributed by atoms with Crippen molar-refractivity contribution in [2.75, 3.05) is 0 Å². The number of aliphatic carboxylic acids is 2. The Morgan fingerprint density at radius 3 is 2.54 bits per heavy atom. The Kier molecular flexibility index (Phi) is 3.53. The molecule has 26 heavy (non-hydrogen) atoms. The van der Waals surface area contributed by atoms with E-state index in [0.717, 1.165) is 18.3 Å². The van der Waals surface area contributed by atoms with Gasteiger partial charge in [0.1, 0.15) is 6.29 Å². The minimum Gasteiger partial charge on any atom is -0.550 e. The highest BCUT2D eigenvalue weighted by Gasteiger charge is 2.75. The van der Waals surface area contributed by atoms with Gasteiger partial charge >= 0.3 is 0 Å². The minimum atomic E-state index is -1.80. The van der Waals surface area contributed by atoms with E-state index < -0.39 is 46.1 Å². The molecule has 1 N–H and O–H groups in total. The summed E-state index contributed by atoms with van der Waals surface area (Å²) in [6.45, 7) is 5.47. The fourth-order valence-electron chi connectivity index (χ4n) is 7.56. The summed E-state index contributed by atoms with van der Waals surface area (Å²) in [7, 11) is 0. The predicted octanol–water partition coefficient (Wildman–Crippen LogP) is -0.559. The summed E-state index contributed by atoms with van der Waals surface area (Å²) in [5.41, 5.74) is -2.58. The molecule has 142 valence electrons. The summed E-state index contributed by atoms with van der Waals surface area (Å²) in [6, 6.07) is 0. The summed E-state index contributed by atoms with van der Waals surface area (Å²) in [5.74, 6) is -4.94. The van der Waals surface area contributed by atoms with Crippen LogP contribution in [-0.4, -0.2) is 29.4 Å². The molecule has 4 fully saturated rings. The molecule has 2 bridgehead atoms. The number of carbonyl (C=O) groups excluding carboxylic acids is 3. The number of carboxylic acid groups (broad SMARTS) is 2. The Morgan fingerprint density at radius 2 is 1.96 bits per heavy atom. The summed E-state index contributed by atoms with van der Waals surface area (Å²) in [4.78, 5) is 36.9. The average molecular weight is 360 g/mol. The SMILES string of the molecule is C=C1C[C@]23C[C@H]1CC[C@H]2[C@]1(C=O)CC[C@H](O)[C@@](C)(C(=O)[O-])[C@H]1[C@@H]3C(=O)[O-]. The van der Waals surface area contributed by atoms with Gasteiger partial charge in [-0.2, -0.15) is 0 Å². The van der Waals surface area contributed by atoms with Crippen molar-refractivity contribution in [3.8, 4) is 0 Å². The van der Waals surface area contributed by atoms with Crippen LogP contribution in [0.2, 0.25) is 0 Å². The van der Waals surface area contributed by atoms with Gasteiger partial charge in [-0.1, -0.05) is 19.1 Å². The molecule has 8 atom stereocenters. The lowest BCUT2D eigenvalue weighted by atomic mass is 9.52. The van der Waals surface area contributed by atoms with Crippen LogP contribution in [0.25, 0.3) is 0 Å². The van der Waals surface area contributed by atoms with Crippen molar-refractivity contribution in [3.63, 3.8) is 0 Å².